The first-order valence-electron chi connectivity index (χ1n) is 3.38. The number of carboxylic acid groups (broad SMARTS) is 1. The van der Waals surface area contributed by atoms with E-state index >= 15 is 0 Å². The average molecular weight is 170 g/mol. The van der Waals surface area contributed by atoms with Crippen molar-refractivity contribution >= 4 is 43.7 Å². The van der Waals surface area contributed by atoms with Gasteiger partial charge in [-0.25, -0.2) is 0 Å². The molecule has 0 unspecified atom stereocenters. The first kappa shape index (κ1) is 10.7. The van der Waals surface area contributed by atoms with Gasteiger partial charge in [-0.3, -0.25) is 4.79 Å². The number of rotatable bonds is 1. The molecule has 0 spiro atoms. The van der Waals surface area contributed by atoms with E-state index in [1.165, 1.54) is 0 Å². The van der Waals surface area contributed by atoms with Crippen LogP contribution in [0, 0.1) is 5.41 Å². The summed E-state index contributed by atoms with van der Waals surface area (Å²) >= 11 is 0. The van der Waals surface area contributed by atoms with Crippen molar-refractivity contribution in [1.29, 1.82) is 0 Å². The Morgan fingerprint density at radius 1 is 1.40 bits per heavy atom. The van der Waals surface area contributed by atoms with Gasteiger partial charge in [0, 0.05) is 0 Å². The summed E-state index contributed by atoms with van der Waals surface area (Å²) in [5.74, 6) is -0.625. The fourth-order valence-electron chi connectivity index (χ4n) is 1.37. The van der Waals surface area contributed by atoms with Crippen LogP contribution in [0.4, 0.5) is 0 Å². The summed E-state index contributed by atoms with van der Waals surface area (Å²) in [4.78, 5) is 10.5. The third kappa shape index (κ3) is 2.11. The van der Waals surface area contributed by atoms with E-state index in [1.54, 1.807) is 0 Å². The Morgan fingerprint density at radius 3 is 2.00 bits per heavy atom. The second kappa shape index (κ2) is 3.93. The molecule has 0 aromatic carbocycles. The Labute approximate surface area is 91.0 Å². The van der Waals surface area contributed by atoms with Gasteiger partial charge in [0.25, 0.3) is 0 Å². The van der Waals surface area contributed by atoms with Crippen molar-refractivity contribution < 1.29 is 9.90 Å². The van der Waals surface area contributed by atoms with Crippen LogP contribution < -0.4 is 0 Å². The molecule has 1 rings (SSSR count). The van der Waals surface area contributed by atoms with Crippen molar-refractivity contribution in [3.8, 4) is 0 Å². The Kier molecular flexibility index (Phi) is 4.22. The van der Waals surface area contributed by atoms with Gasteiger partial charge >= 0.3 is 43.7 Å². The molecule has 56 valence electrons. The van der Waals surface area contributed by atoms with Gasteiger partial charge in [0.2, 0.25) is 0 Å². The summed E-state index contributed by atoms with van der Waals surface area (Å²) < 4.78 is 0. The Morgan fingerprint density at radius 2 is 1.80 bits per heavy atom. The van der Waals surface area contributed by atoms with Crippen LogP contribution in [0.3, 0.4) is 0 Å². The van der Waals surface area contributed by atoms with Gasteiger partial charge in [0.15, 0.2) is 0 Å². The summed E-state index contributed by atoms with van der Waals surface area (Å²) in [7, 11) is 0. The maximum atomic E-state index is 10.5. The molecule has 10 heavy (non-hydrogen) atoms. The standard InChI is InChI=1S/C7H12O2.Ca.2H/c1-7(6(8)9)4-2-3-5-7;;;/h2-5H2,1H3,(H,8,9);;;. The van der Waals surface area contributed by atoms with E-state index in [0.717, 1.165) is 25.7 Å². The van der Waals surface area contributed by atoms with E-state index in [1.807, 2.05) is 6.92 Å². The van der Waals surface area contributed by atoms with E-state index < -0.39 is 5.97 Å². The summed E-state index contributed by atoms with van der Waals surface area (Å²) in [5, 5.41) is 8.67. The van der Waals surface area contributed by atoms with Gasteiger partial charge in [-0.2, -0.15) is 0 Å². The molecular weight excluding hydrogens is 156 g/mol. The van der Waals surface area contributed by atoms with Crippen LogP contribution >= 0.6 is 0 Å². The topological polar surface area (TPSA) is 37.3 Å². The van der Waals surface area contributed by atoms with E-state index in [2.05, 4.69) is 0 Å². The molecule has 1 N–H and O–H groups in total. The van der Waals surface area contributed by atoms with E-state index in [9.17, 15) is 4.79 Å². The molecule has 0 aromatic rings. The minimum atomic E-state index is -0.625. The molecule has 0 aliphatic heterocycles. The predicted molar refractivity (Wildman–Crippen MR) is 42.8 cm³/mol. The van der Waals surface area contributed by atoms with Crippen LogP contribution in [0.25, 0.3) is 0 Å². The molecule has 1 saturated carbocycles. The van der Waals surface area contributed by atoms with Crippen LogP contribution in [-0.2, 0) is 4.79 Å². The molecule has 2 nitrogen and oxygen atoms in total. The minimum absolute atomic E-state index is 0. The first-order valence-corrected chi connectivity index (χ1v) is 3.38. The molecule has 0 heterocycles. The van der Waals surface area contributed by atoms with E-state index in [-0.39, 0.29) is 43.2 Å². The van der Waals surface area contributed by atoms with Gasteiger partial charge < -0.3 is 5.11 Å². The molecule has 1 aliphatic rings. The summed E-state index contributed by atoms with van der Waals surface area (Å²) in [6, 6.07) is 0. The van der Waals surface area contributed by atoms with E-state index in [0.29, 0.717) is 0 Å². The normalized spacial score (nSPS) is 21.7. The zero-order valence-electron chi connectivity index (χ0n) is 5.68. The summed E-state index contributed by atoms with van der Waals surface area (Å²) in [6.45, 7) is 1.84. The second-order valence-electron chi connectivity index (χ2n) is 3.07. The first-order chi connectivity index (χ1) is 4.15. The predicted octanol–water partition coefficient (Wildman–Crippen LogP) is 0.735. The van der Waals surface area contributed by atoms with Crippen molar-refractivity contribution in [2.75, 3.05) is 0 Å². The van der Waals surface area contributed by atoms with Gasteiger partial charge in [-0.05, 0) is 19.8 Å². The van der Waals surface area contributed by atoms with Crippen LogP contribution in [-0.4, -0.2) is 48.8 Å². The van der Waals surface area contributed by atoms with Crippen LogP contribution in [0.1, 0.15) is 32.6 Å². The second-order valence-corrected chi connectivity index (χ2v) is 3.07. The van der Waals surface area contributed by atoms with Crippen LogP contribution in [0.15, 0.2) is 0 Å². The number of aliphatic carboxylic acids is 1. The third-order valence-electron chi connectivity index (χ3n) is 2.22. The van der Waals surface area contributed by atoms with Crippen molar-refractivity contribution in [3.05, 3.63) is 0 Å². The van der Waals surface area contributed by atoms with Gasteiger partial charge in [-0.15, -0.1) is 0 Å². The zero-order chi connectivity index (χ0) is 6.91. The van der Waals surface area contributed by atoms with Crippen molar-refractivity contribution in [3.63, 3.8) is 0 Å². The fraction of sp³-hybridized carbons (Fsp3) is 0.857. The molecular formula is C7H14CaO2. The van der Waals surface area contributed by atoms with Crippen molar-refractivity contribution in [2.45, 2.75) is 32.6 Å². The summed E-state index contributed by atoms with van der Waals surface area (Å²) in [5.41, 5.74) is -0.389. The van der Waals surface area contributed by atoms with Crippen molar-refractivity contribution in [1.82, 2.24) is 0 Å². The Hall–Kier alpha value is 0.730. The molecule has 0 radical (unpaired) electrons. The van der Waals surface area contributed by atoms with Gasteiger partial charge in [0.1, 0.15) is 0 Å². The molecule has 3 heteroatoms. The third-order valence-corrected chi connectivity index (χ3v) is 2.22. The molecule has 0 saturated heterocycles. The molecule has 0 amide bonds. The van der Waals surface area contributed by atoms with Gasteiger partial charge in [0.05, 0.1) is 5.41 Å². The molecule has 0 aromatic heterocycles. The molecule has 1 aliphatic carbocycles. The quantitative estimate of drug-likeness (QED) is 0.589. The summed E-state index contributed by atoms with van der Waals surface area (Å²) in [6.07, 6.45) is 3.90. The van der Waals surface area contributed by atoms with Crippen LogP contribution in [0.5, 0.6) is 0 Å². The number of carbonyl (C=O) groups is 1. The Balaban J connectivity index is 0.000000810. The molecule has 0 atom stereocenters. The SMILES string of the molecule is CC1(C(=O)O)CCCC1.[CaH2]. The van der Waals surface area contributed by atoms with Crippen molar-refractivity contribution in [2.24, 2.45) is 5.41 Å². The van der Waals surface area contributed by atoms with Gasteiger partial charge in [-0.1, -0.05) is 12.8 Å². The number of hydrogen-bond acceptors (Lipinski definition) is 1. The average Bonchev–Trinajstić information content (AvgIpc) is 2.16. The fourth-order valence-corrected chi connectivity index (χ4v) is 1.37. The Bertz CT molecular complexity index is 128. The molecule has 1 fully saturated rings. The number of hydrogen-bond donors (Lipinski definition) is 1. The number of carboxylic acids is 1. The zero-order valence-corrected chi connectivity index (χ0v) is 5.68. The maximum absolute atomic E-state index is 10.5. The molecule has 0 bridgehead atoms. The van der Waals surface area contributed by atoms with E-state index in [4.69, 9.17) is 5.11 Å². The monoisotopic (exact) mass is 170 g/mol. The van der Waals surface area contributed by atoms with Crippen LogP contribution in [0.2, 0.25) is 0 Å².